The largest absolute Gasteiger partial charge is 0.358 e. The van der Waals surface area contributed by atoms with E-state index in [1.54, 1.807) is 24.4 Å². The highest BCUT2D eigenvalue weighted by molar-refractivity contribution is 5.92. The lowest BCUT2D eigenvalue weighted by atomic mass is 9.85. The van der Waals surface area contributed by atoms with Crippen LogP contribution in [0.4, 0.5) is 0 Å². The van der Waals surface area contributed by atoms with Crippen molar-refractivity contribution < 1.29 is 4.79 Å². The van der Waals surface area contributed by atoms with Gasteiger partial charge >= 0.3 is 0 Å². The van der Waals surface area contributed by atoms with Gasteiger partial charge in [-0.05, 0) is 66.9 Å². The zero-order chi connectivity index (χ0) is 21.9. The van der Waals surface area contributed by atoms with Crippen molar-refractivity contribution in [1.29, 1.82) is 0 Å². The van der Waals surface area contributed by atoms with Crippen LogP contribution in [0.15, 0.2) is 59.5 Å². The number of carbonyl (C=O) groups is 1. The van der Waals surface area contributed by atoms with Gasteiger partial charge in [-0.15, -0.1) is 0 Å². The highest BCUT2D eigenvalue weighted by Gasteiger charge is 2.16. The molecule has 5 rings (SSSR count). The zero-order valence-corrected chi connectivity index (χ0v) is 17.9. The van der Waals surface area contributed by atoms with Gasteiger partial charge in [-0.2, -0.15) is 0 Å². The van der Waals surface area contributed by atoms with Crippen molar-refractivity contribution in [1.82, 2.24) is 25.0 Å². The Morgan fingerprint density at radius 2 is 2.06 bits per heavy atom. The summed E-state index contributed by atoms with van der Waals surface area (Å²) < 4.78 is 1.41. The van der Waals surface area contributed by atoms with E-state index in [2.05, 4.69) is 38.8 Å². The molecule has 0 unspecified atom stereocenters. The van der Waals surface area contributed by atoms with Gasteiger partial charge in [0.2, 0.25) is 0 Å². The summed E-state index contributed by atoms with van der Waals surface area (Å²) in [5.74, 6) is 0.512. The lowest BCUT2D eigenvalue weighted by molar-refractivity contribution is 0.0946. The minimum Gasteiger partial charge on any atom is -0.358 e. The van der Waals surface area contributed by atoms with Gasteiger partial charge in [0.1, 0.15) is 11.3 Å². The van der Waals surface area contributed by atoms with Crippen LogP contribution in [-0.4, -0.2) is 33.4 Å². The van der Waals surface area contributed by atoms with E-state index in [0.29, 0.717) is 12.2 Å². The maximum atomic E-state index is 12.6. The van der Waals surface area contributed by atoms with Crippen molar-refractivity contribution in [2.45, 2.75) is 32.2 Å². The Morgan fingerprint density at radius 3 is 2.91 bits per heavy atom. The number of rotatable bonds is 8. The molecule has 3 N–H and O–H groups in total. The number of aromatic nitrogens is 3. The van der Waals surface area contributed by atoms with Crippen molar-refractivity contribution in [2.24, 2.45) is 5.92 Å². The maximum Gasteiger partial charge on any atom is 0.270 e. The van der Waals surface area contributed by atoms with Gasteiger partial charge in [0.15, 0.2) is 0 Å². The first-order valence-corrected chi connectivity index (χ1v) is 11.2. The number of hydrogen-bond donors (Lipinski definition) is 3. The fraction of sp³-hybridized carbons (Fsp3) is 0.320. The summed E-state index contributed by atoms with van der Waals surface area (Å²) in [5, 5.41) is 7.59. The van der Waals surface area contributed by atoms with Gasteiger partial charge in [0.05, 0.1) is 0 Å². The normalized spacial score (nSPS) is 14.0. The third kappa shape index (κ3) is 4.43. The molecule has 7 nitrogen and oxygen atoms in total. The SMILES string of the molecule is O=C(NCc1ccc2cc(CCNCC3CCC3)[nH]c2c1)c1cc(=O)n2ccccc2n1. The summed E-state index contributed by atoms with van der Waals surface area (Å²) in [5.41, 5.74) is 3.56. The van der Waals surface area contributed by atoms with Crippen LogP contribution in [-0.2, 0) is 13.0 Å². The average molecular weight is 430 g/mol. The molecule has 1 fully saturated rings. The second kappa shape index (κ2) is 8.96. The third-order valence-corrected chi connectivity index (χ3v) is 6.23. The molecule has 1 aromatic carbocycles. The van der Waals surface area contributed by atoms with Crippen LogP contribution in [0, 0.1) is 5.92 Å². The lowest BCUT2D eigenvalue weighted by Crippen LogP contribution is -2.28. The maximum absolute atomic E-state index is 12.6. The Kier molecular flexibility index (Phi) is 5.73. The van der Waals surface area contributed by atoms with Gasteiger partial charge < -0.3 is 15.6 Å². The first-order chi connectivity index (χ1) is 15.7. The number of carbonyl (C=O) groups excluding carboxylic acids is 1. The van der Waals surface area contributed by atoms with E-state index in [0.717, 1.165) is 36.5 Å². The lowest BCUT2D eigenvalue weighted by Gasteiger charge is -2.25. The number of aromatic amines is 1. The molecule has 0 atom stereocenters. The first kappa shape index (κ1) is 20.5. The van der Waals surface area contributed by atoms with Crippen molar-refractivity contribution >= 4 is 22.5 Å². The summed E-state index contributed by atoms with van der Waals surface area (Å²) >= 11 is 0. The van der Waals surface area contributed by atoms with Gasteiger partial charge in [-0.25, -0.2) is 4.98 Å². The van der Waals surface area contributed by atoms with E-state index in [4.69, 9.17) is 0 Å². The quantitative estimate of drug-likeness (QED) is 0.376. The number of hydrogen-bond acceptors (Lipinski definition) is 4. The van der Waals surface area contributed by atoms with Crippen LogP contribution >= 0.6 is 0 Å². The summed E-state index contributed by atoms with van der Waals surface area (Å²) in [6.07, 6.45) is 6.72. The zero-order valence-electron chi connectivity index (χ0n) is 17.9. The van der Waals surface area contributed by atoms with Crippen molar-refractivity contribution in [3.8, 4) is 0 Å². The Morgan fingerprint density at radius 1 is 1.16 bits per heavy atom. The van der Waals surface area contributed by atoms with Crippen molar-refractivity contribution in [2.75, 3.05) is 13.1 Å². The molecule has 1 aliphatic carbocycles. The van der Waals surface area contributed by atoms with E-state index in [1.165, 1.54) is 40.8 Å². The Hall–Kier alpha value is -3.45. The molecule has 1 amide bonds. The molecule has 7 heteroatoms. The predicted octanol–water partition coefficient (Wildman–Crippen LogP) is 3.04. The third-order valence-electron chi connectivity index (χ3n) is 6.23. The standard InChI is InChI=1S/C25H27N5O2/c31-24-14-22(29-23-6-1-2-11-30(23)24)25(32)27-16-18-7-8-19-13-20(28-21(19)12-18)9-10-26-15-17-4-3-5-17/h1-2,6-8,11-14,17,26,28H,3-5,9-10,15-16H2,(H,27,32). The minimum absolute atomic E-state index is 0.124. The van der Waals surface area contributed by atoms with E-state index in [-0.39, 0.29) is 17.2 Å². The monoisotopic (exact) mass is 429 g/mol. The van der Waals surface area contributed by atoms with E-state index < -0.39 is 0 Å². The molecule has 3 aromatic heterocycles. The number of H-pyrrole nitrogens is 1. The second-order valence-corrected chi connectivity index (χ2v) is 8.56. The Bertz CT molecular complexity index is 1320. The Labute approximate surface area is 185 Å². The number of amides is 1. The molecule has 1 aliphatic rings. The van der Waals surface area contributed by atoms with E-state index in [9.17, 15) is 9.59 Å². The van der Waals surface area contributed by atoms with E-state index >= 15 is 0 Å². The molecule has 164 valence electrons. The molecule has 1 saturated carbocycles. The second-order valence-electron chi connectivity index (χ2n) is 8.56. The van der Waals surface area contributed by atoms with Gasteiger partial charge in [0, 0.05) is 36.6 Å². The smallest absolute Gasteiger partial charge is 0.270 e. The molecule has 0 saturated heterocycles. The van der Waals surface area contributed by atoms with Crippen molar-refractivity contribution in [3.05, 3.63) is 82.0 Å². The van der Waals surface area contributed by atoms with Gasteiger partial charge in [-0.3, -0.25) is 14.0 Å². The highest BCUT2D eigenvalue weighted by atomic mass is 16.2. The Balaban J connectivity index is 1.20. The summed E-state index contributed by atoms with van der Waals surface area (Å²) in [6, 6.07) is 14.8. The fourth-order valence-electron chi connectivity index (χ4n) is 4.15. The highest BCUT2D eigenvalue weighted by Crippen LogP contribution is 2.25. The molecule has 32 heavy (non-hydrogen) atoms. The summed E-state index contributed by atoms with van der Waals surface area (Å²) in [4.78, 5) is 32.6. The summed E-state index contributed by atoms with van der Waals surface area (Å²) in [6.45, 7) is 2.47. The topological polar surface area (TPSA) is 91.3 Å². The van der Waals surface area contributed by atoms with Crippen molar-refractivity contribution in [3.63, 3.8) is 0 Å². The van der Waals surface area contributed by atoms with Gasteiger partial charge in [-0.1, -0.05) is 24.6 Å². The van der Waals surface area contributed by atoms with Crippen LogP contribution in [0.25, 0.3) is 16.6 Å². The summed E-state index contributed by atoms with van der Waals surface area (Å²) in [7, 11) is 0. The van der Waals surface area contributed by atoms with Crippen LogP contribution in [0.3, 0.4) is 0 Å². The molecular weight excluding hydrogens is 402 g/mol. The number of fused-ring (bicyclic) bond motifs is 2. The fourth-order valence-corrected chi connectivity index (χ4v) is 4.15. The first-order valence-electron chi connectivity index (χ1n) is 11.2. The number of nitrogens with zero attached hydrogens (tertiary/aromatic N) is 2. The van der Waals surface area contributed by atoms with Crippen LogP contribution < -0.4 is 16.2 Å². The molecule has 4 aromatic rings. The number of pyridine rings is 1. The number of nitrogens with one attached hydrogen (secondary N) is 3. The molecule has 0 radical (unpaired) electrons. The molecular formula is C25H27N5O2. The number of benzene rings is 1. The minimum atomic E-state index is -0.363. The average Bonchev–Trinajstić information content (AvgIpc) is 3.18. The molecule has 0 aliphatic heterocycles. The predicted molar refractivity (Wildman–Crippen MR) is 125 cm³/mol. The van der Waals surface area contributed by atoms with Crippen LogP contribution in [0.2, 0.25) is 0 Å². The van der Waals surface area contributed by atoms with Crippen LogP contribution in [0.5, 0.6) is 0 Å². The van der Waals surface area contributed by atoms with Crippen LogP contribution in [0.1, 0.15) is 41.0 Å². The molecule has 3 heterocycles. The van der Waals surface area contributed by atoms with Gasteiger partial charge in [0.25, 0.3) is 11.5 Å². The molecule has 0 bridgehead atoms. The van der Waals surface area contributed by atoms with E-state index in [1.807, 2.05) is 6.07 Å². The molecule has 0 spiro atoms.